The van der Waals surface area contributed by atoms with Crippen LogP contribution in [0.15, 0.2) is 18.2 Å². The van der Waals surface area contributed by atoms with Gasteiger partial charge in [0.25, 0.3) is 5.91 Å². The highest BCUT2D eigenvalue weighted by Crippen LogP contribution is 2.23. The number of amides is 1. The molecule has 1 aromatic carbocycles. The lowest BCUT2D eigenvalue weighted by molar-refractivity contribution is 0.0938. The molecule has 1 amide bonds. The van der Waals surface area contributed by atoms with E-state index < -0.39 is 0 Å². The third kappa shape index (κ3) is 2.62. The zero-order chi connectivity index (χ0) is 13.4. The van der Waals surface area contributed by atoms with Crippen molar-refractivity contribution in [2.75, 3.05) is 0 Å². The van der Waals surface area contributed by atoms with Crippen molar-refractivity contribution in [3.63, 3.8) is 0 Å². The number of nitrogens with two attached hydrogens (primary N) is 1. The van der Waals surface area contributed by atoms with Crippen LogP contribution in [0.1, 0.15) is 34.6 Å². The molecule has 1 fully saturated rings. The molecule has 0 saturated heterocycles. The Morgan fingerprint density at radius 1 is 1.47 bits per heavy atom. The maximum absolute atomic E-state index is 12.2. The fourth-order valence-electron chi connectivity index (χ4n) is 2.60. The molecule has 2 atom stereocenters. The summed E-state index contributed by atoms with van der Waals surface area (Å²) in [4.78, 5) is 16.6. The van der Waals surface area contributed by atoms with Crippen molar-refractivity contribution in [3.8, 4) is 0 Å². The number of nitrogens with one attached hydrogen (secondary N) is 1. The summed E-state index contributed by atoms with van der Waals surface area (Å²) in [5.41, 5.74) is 7.44. The van der Waals surface area contributed by atoms with Crippen LogP contribution in [0, 0.1) is 6.92 Å². The fraction of sp³-hybridized carbons (Fsp3) is 0.429. The van der Waals surface area contributed by atoms with E-state index >= 15 is 0 Å². The van der Waals surface area contributed by atoms with Gasteiger partial charge in [0, 0.05) is 17.6 Å². The molecule has 0 spiro atoms. The van der Waals surface area contributed by atoms with Crippen molar-refractivity contribution in [2.24, 2.45) is 5.73 Å². The normalized spacial score (nSPS) is 22.8. The van der Waals surface area contributed by atoms with Crippen molar-refractivity contribution in [3.05, 3.63) is 28.8 Å². The van der Waals surface area contributed by atoms with Crippen LogP contribution in [-0.4, -0.2) is 23.0 Å². The SMILES string of the molecule is Cc1nc2cc(C(=O)N[C@@H]3CC[C@@H](N)C3)ccc2s1. The van der Waals surface area contributed by atoms with Crippen molar-refractivity contribution >= 4 is 27.5 Å². The van der Waals surface area contributed by atoms with E-state index in [1.54, 1.807) is 11.3 Å². The summed E-state index contributed by atoms with van der Waals surface area (Å²) in [5.74, 6) is -0.0216. The third-order valence-electron chi connectivity index (χ3n) is 3.57. The van der Waals surface area contributed by atoms with Gasteiger partial charge in [-0.15, -0.1) is 11.3 Å². The van der Waals surface area contributed by atoms with Crippen LogP contribution >= 0.6 is 11.3 Å². The molecule has 2 aromatic rings. The molecule has 3 rings (SSSR count). The zero-order valence-corrected chi connectivity index (χ0v) is 11.7. The number of benzene rings is 1. The van der Waals surface area contributed by atoms with Gasteiger partial charge in [-0.05, 0) is 44.4 Å². The van der Waals surface area contributed by atoms with E-state index in [0.29, 0.717) is 5.56 Å². The molecular formula is C14H17N3OS. The number of carbonyl (C=O) groups excluding carboxylic acids is 1. The molecule has 0 bridgehead atoms. The van der Waals surface area contributed by atoms with E-state index in [2.05, 4.69) is 10.3 Å². The lowest BCUT2D eigenvalue weighted by atomic mass is 10.1. The molecule has 1 aliphatic rings. The summed E-state index contributed by atoms with van der Waals surface area (Å²) in [5, 5.41) is 4.08. The number of aryl methyl sites for hydroxylation is 1. The molecule has 5 heteroatoms. The number of carbonyl (C=O) groups is 1. The first-order valence-corrected chi connectivity index (χ1v) is 7.37. The number of nitrogens with zero attached hydrogens (tertiary/aromatic N) is 1. The Bertz CT molecular complexity index is 622. The first-order valence-electron chi connectivity index (χ1n) is 6.55. The molecule has 1 aromatic heterocycles. The van der Waals surface area contributed by atoms with Gasteiger partial charge in [0.05, 0.1) is 15.2 Å². The average molecular weight is 275 g/mol. The van der Waals surface area contributed by atoms with E-state index in [1.807, 2.05) is 25.1 Å². The van der Waals surface area contributed by atoms with Gasteiger partial charge in [0.2, 0.25) is 0 Å². The molecule has 100 valence electrons. The van der Waals surface area contributed by atoms with Crippen LogP contribution in [-0.2, 0) is 0 Å². The van der Waals surface area contributed by atoms with E-state index in [1.165, 1.54) is 0 Å². The number of fused-ring (bicyclic) bond motifs is 1. The summed E-state index contributed by atoms with van der Waals surface area (Å²) in [7, 11) is 0. The van der Waals surface area contributed by atoms with Crippen LogP contribution in [0.3, 0.4) is 0 Å². The Hall–Kier alpha value is -1.46. The van der Waals surface area contributed by atoms with Crippen molar-refractivity contribution in [1.82, 2.24) is 10.3 Å². The van der Waals surface area contributed by atoms with Gasteiger partial charge in [-0.1, -0.05) is 0 Å². The maximum atomic E-state index is 12.2. The average Bonchev–Trinajstić information content (AvgIpc) is 2.93. The monoisotopic (exact) mass is 275 g/mol. The quantitative estimate of drug-likeness (QED) is 0.883. The standard InChI is InChI=1S/C14H17N3OS/c1-8-16-12-6-9(2-5-13(12)19-8)14(18)17-11-4-3-10(15)7-11/h2,5-6,10-11H,3-4,7,15H2,1H3,(H,17,18)/t10-,11-/m1/s1. The highest BCUT2D eigenvalue weighted by atomic mass is 32.1. The number of aromatic nitrogens is 1. The molecule has 0 unspecified atom stereocenters. The van der Waals surface area contributed by atoms with Crippen LogP contribution in [0.25, 0.3) is 10.2 Å². The van der Waals surface area contributed by atoms with Gasteiger partial charge in [-0.25, -0.2) is 4.98 Å². The number of rotatable bonds is 2. The van der Waals surface area contributed by atoms with Crippen molar-refractivity contribution in [2.45, 2.75) is 38.3 Å². The predicted molar refractivity (Wildman–Crippen MR) is 77.4 cm³/mol. The van der Waals surface area contributed by atoms with Crippen LogP contribution in [0.4, 0.5) is 0 Å². The summed E-state index contributed by atoms with van der Waals surface area (Å²) >= 11 is 1.65. The first kappa shape index (κ1) is 12.6. The Morgan fingerprint density at radius 2 is 2.32 bits per heavy atom. The second kappa shape index (κ2) is 4.90. The van der Waals surface area contributed by atoms with Gasteiger partial charge in [0.1, 0.15) is 0 Å². The summed E-state index contributed by atoms with van der Waals surface area (Å²) in [6, 6.07) is 6.15. The Morgan fingerprint density at radius 3 is 3.05 bits per heavy atom. The lowest BCUT2D eigenvalue weighted by Crippen LogP contribution is -2.34. The van der Waals surface area contributed by atoms with Crippen LogP contribution < -0.4 is 11.1 Å². The van der Waals surface area contributed by atoms with E-state index in [9.17, 15) is 4.79 Å². The minimum atomic E-state index is -0.0216. The van der Waals surface area contributed by atoms with Crippen LogP contribution in [0.5, 0.6) is 0 Å². The van der Waals surface area contributed by atoms with Gasteiger partial charge >= 0.3 is 0 Å². The lowest BCUT2D eigenvalue weighted by Gasteiger charge is -2.12. The Kier molecular flexibility index (Phi) is 3.24. The van der Waals surface area contributed by atoms with Gasteiger partial charge in [-0.2, -0.15) is 0 Å². The molecular weight excluding hydrogens is 258 g/mol. The predicted octanol–water partition coefficient (Wildman–Crippen LogP) is 2.21. The molecule has 1 saturated carbocycles. The summed E-state index contributed by atoms with van der Waals surface area (Å²) in [6.07, 6.45) is 2.85. The second-order valence-corrected chi connectivity index (χ2v) is 6.39. The second-order valence-electron chi connectivity index (χ2n) is 5.16. The largest absolute Gasteiger partial charge is 0.349 e. The first-order chi connectivity index (χ1) is 9.11. The smallest absolute Gasteiger partial charge is 0.251 e. The van der Waals surface area contributed by atoms with Gasteiger partial charge in [0.15, 0.2) is 0 Å². The molecule has 3 N–H and O–H groups in total. The zero-order valence-electron chi connectivity index (χ0n) is 10.8. The van der Waals surface area contributed by atoms with Crippen LogP contribution in [0.2, 0.25) is 0 Å². The third-order valence-corrected chi connectivity index (χ3v) is 4.52. The van der Waals surface area contributed by atoms with Gasteiger partial charge < -0.3 is 11.1 Å². The van der Waals surface area contributed by atoms with E-state index in [4.69, 9.17) is 5.73 Å². The Balaban J connectivity index is 1.77. The summed E-state index contributed by atoms with van der Waals surface area (Å²) < 4.78 is 1.12. The van der Waals surface area contributed by atoms with Gasteiger partial charge in [-0.3, -0.25) is 4.79 Å². The number of thiazole rings is 1. The minimum Gasteiger partial charge on any atom is -0.349 e. The molecule has 4 nitrogen and oxygen atoms in total. The van der Waals surface area contributed by atoms with Crippen molar-refractivity contribution in [1.29, 1.82) is 0 Å². The minimum absolute atomic E-state index is 0.0216. The van der Waals surface area contributed by atoms with Crippen molar-refractivity contribution < 1.29 is 4.79 Å². The molecule has 1 heterocycles. The van der Waals surface area contributed by atoms with E-state index in [0.717, 1.165) is 34.5 Å². The highest BCUT2D eigenvalue weighted by Gasteiger charge is 2.23. The number of hydrogen-bond acceptors (Lipinski definition) is 4. The van der Waals surface area contributed by atoms with E-state index in [-0.39, 0.29) is 18.0 Å². The maximum Gasteiger partial charge on any atom is 0.251 e. The molecule has 0 aliphatic heterocycles. The highest BCUT2D eigenvalue weighted by molar-refractivity contribution is 7.18. The molecule has 19 heavy (non-hydrogen) atoms. The number of hydrogen-bond donors (Lipinski definition) is 2. The topological polar surface area (TPSA) is 68.0 Å². The Labute approximate surface area is 116 Å². The molecule has 1 aliphatic carbocycles. The fourth-order valence-corrected chi connectivity index (χ4v) is 3.41. The summed E-state index contributed by atoms with van der Waals surface area (Å²) in [6.45, 7) is 1.98. The molecule has 0 radical (unpaired) electrons.